The maximum Gasteiger partial charge on any atom is 0.229 e. The molecule has 2 aromatic rings. The summed E-state index contributed by atoms with van der Waals surface area (Å²) < 4.78 is 10.7. The van der Waals surface area contributed by atoms with Crippen molar-refractivity contribution in [2.75, 3.05) is 6.61 Å². The lowest BCUT2D eigenvalue weighted by atomic mass is 10.1. The Labute approximate surface area is 120 Å². The summed E-state index contributed by atoms with van der Waals surface area (Å²) in [6.07, 6.45) is -4.59. The second-order valence-electron chi connectivity index (χ2n) is 4.99. The first kappa shape index (κ1) is 14.1. The standard InChI is InChI=1S/C15H16O6/c16-7-12-13(18)14(19)15(21-12)20-11-6-9-4-2-1-3-8(9)5-10(11)17/h1-6,12-19H,7H2/t12-,13?,14?,15-/m1/s1. The second-order valence-corrected chi connectivity index (χ2v) is 4.99. The minimum absolute atomic E-state index is 0.0913. The normalized spacial score (nSPS) is 28.9. The van der Waals surface area contributed by atoms with E-state index in [2.05, 4.69) is 0 Å². The largest absolute Gasteiger partial charge is 0.504 e. The van der Waals surface area contributed by atoms with Crippen LogP contribution in [0.1, 0.15) is 0 Å². The number of phenolic OH excluding ortho intramolecular Hbond substituents is 1. The number of fused-ring (bicyclic) bond motifs is 1. The van der Waals surface area contributed by atoms with Gasteiger partial charge in [0.25, 0.3) is 0 Å². The Balaban J connectivity index is 1.86. The molecule has 4 atom stereocenters. The van der Waals surface area contributed by atoms with Gasteiger partial charge in [0.15, 0.2) is 11.5 Å². The Bertz CT molecular complexity index is 643. The Hall–Kier alpha value is -1.86. The van der Waals surface area contributed by atoms with Gasteiger partial charge in [-0.05, 0) is 22.9 Å². The van der Waals surface area contributed by atoms with E-state index >= 15 is 0 Å². The molecular formula is C15H16O6. The van der Waals surface area contributed by atoms with E-state index in [0.717, 1.165) is 10.8 Å². The van der Waals surface area contributed by atoms with E-state index in [1.165, 1.54) is 0 Å². The maximum absolute atomic E-state index is 9.97. The molecule has 2 unspecified atom stereocenters. The van der Waals surface area contributed by atoms with Crippen LogP contribution >= 0.6 is 0 Å². The summed E-state index contributed by atoms with van der Waals surface area (Å²) in [7, 11) is 0. The maximum atomic E-state index is 9.97. The number of aromatic hydroxyl groups is 1. The molecule has 0 spiro atoms. The Morgan fingerprint density at radius 2 is 1.71 bits per heavy atom. The molecule has 0 amide bonds. The van der Waals surface area contributed by atoms with Gasteiger partial charge in [0.05, 0.1) is 6.61 Å². The predicted octanol–water partition coefficient (Wildman–Crippen LogP) is 0.363. The topological polar surface area (TPSA) is 99.4 Å². The van der Waals surface area contributed by atoms with Crippen molar-refractivity contribution in [2.24, 2.45) is 0 Å². The quantitative estimate of drug-likeness (QED) is 0.652. The highest BCUT2D eigenvalue weighted by Gasteiger charge is 2.44. The monoisotopic (exact) mass is 292 g/mol. The summed E-state index contributed by atoms with van der Waals surface area (Å²) in [5.74, 6) is 0.0509. The predicted molar refractivity (Wildman–Crippen MR) is 74.0 cm³/mol. The molecule has 2 aromatic carbocycles. The summed E-state index contributed by atoms with van der Waals surface area (Å²) in [6, 6.07) is 10.6. The van der Waals surface area contributed by atoms with Crippen LogP contribution in [-0.2, 0) is 4.74 Å². The van der Waals surface area contributed by atoms with Crippen LogP contribution in [0, 0.1) is 0 Å². The highest BCUT2D eigenvalue weighted by Crippen LogP contribution is 2.34. The number of phenols is 1. The zero-order valence-electron chi connectivity index (χ0n) is 11.1. The molecule has 21 heavy (non-hydrogen) atoms. The van der Waals surface area contributed by atoms with E-state index < -0.39 is 31.2 Å². The van der Waals surface area contributed by atoms with Crippen molar-refractivity contribution in [3.63, 3.8) is 0 Å². The van der Waals surface area contributed by atoms with E-state index in [1.54, 1.807) is 12.1 Å². The number of benzene rings is 2. The number of aliphatic hydroxyl groups excluding tert-OH is 3. The lowest BCUT2D eigenvalue weighted by Crippen LogP contribution is -2.35. The molecule has 1 saturated heterocycles. The molecule has 4 N–H and O–H groups in total. The van der Waals surface area contributed by atoms with Gasteiger partial charge in [-0.15, -0.1) is 0 Å². The fraction of sp³-hybridized carbons (Fsp3) is 0.333. The van der Waals surface area contributed by atoms with Crippen molar-refractivity contribution in [3.8, 4) is 11.5 Å². The number of hydrogen-bond donors (Lipinski definition) is 4. The fourth-order valence-electron chi connectivity index (χ4n) is 2.39. The Morgan fingerprint density at radius 3 is 2.33 bits per heavy atom. The smallest absolute Gasteiger partial charge is 0.229 e. The van der Waals surface area contributed by atoms with E-state index in [-0.39, 0.29) is 11.5 Å². The zero-order chi connectivity index (χ0) is 15.0. The van der Waals surface area contributed by atoms with E-state index in [1.807, 2.05) is 24.3 Å². The number of rotatable bonds is 3. The molecule has 3 rings (SSSR count). The SMILES string of the molecule is OC[C@H]1O[C@@H](Oc2cc3ccccc3cc2O)C(O)C1O. The van der Waals surface area contributed by atoms with Gasteiger partial charge in [0, 0.05) is 0 Å². The molecule has 1 fully saturated rings. The Kier molecular flexibility index (Phi) is 3.69. The minimum Gasteiger partial charge on any atom is -0.504 e. The van der Waals surface area contributed by atoms with E-state index in [4.69, 9.17) is 14.6 Å². The molecule has 0 aliphatic carbocycles. The lowest BCUT2D eigenvalue weighted by molar-refractivity contribution is -0.117. The van der Waals surface area contributed by atoms with Gasteiger partial charge >= 0.3 is 0 Å². The van der Waals surface area contributed by atoms with E-state index in [0.29, 0.717) is 0 Å². The van der Waals surface area contributed by atoms with Gasteiger partial charge in [0.2, 0.25) is 6.29 Å². The minimum atomic E-state index is -1.30. The second kappa shape index (κ2) is 5.50. The van der Waals surface area contributed by atoms with Crippen LogP contribution in [0.4, 0.5) is 0 Å². The summed E-state index contributed by atoms with van der Waals surface area (Å²) in [4.78, 5) is 0. The van der Waals surface area contributed by atoms with Crippen LogP contribution in [0.15, 0.2) is 36.4 Å². The summed E-state index contributed by atoms with van der Waals surface area (Å²) >= 11 is 0. The summed E-state index contributed by atoms with van der Waals surface area (Å²) in [6.45, 7) is -0.429. The molecular weight excluding hydrogens is 276 g/mol. The van der Waals surface area contributed by atoms with Crippen molar-refractivity contribution >= 4 is 10.8 Å². The molecule has 1 aliphatic heterocycles. The van der Waals surface area contributed by atoms with Crippen LogP contribution in [0.25, 0.3) is 10.8 Å². The molecule has 0 saturated carbocycles. The zero-order valence-corrected chi connectivity index (χ0v) is 11.1. The lowest BCUT2D eigenvalue weighted by Gasteiger charge is -2.18. The molecule has 6 heteroatoms. The third-order valence-corrected chi connectivity index (χ3v) is 3.57. The highest BCUT2D eigenvalue weighted by molar-refractivity contribution is 5.85. The molecule has 0 radical (unpaired) electrons. The van der Waals surface area contributed by atoms with Crippen molar-refractivity contribution in [2.45, 2.75) is 24.6 Å². The van der Waals surface area contributed by atoms with Gasteiger partial charge in [-0.1, -0.05) is 24.3 Å². The van der Waals surface area contributed by atoms with Gasteiger partial charge in [0.1, 0.15) is 18.3 Å². The first-order chi connectivity index (χ1) is 10.1. The van der Waals surface area contributed by atoms with Crippen LogP contribution in [0.3, 0.4) is 0 Å². The third kappa shape index (κ3) is 2.54. The third-order valence-electron chi connectivity index (χ3n) is 3.57. The molecule has 1 aliphatic rings. The van der Waals surface area contributed by atoms with Crippen molar-refractivity contribution < 1.29 is 29.9 Å². The van der Waals surface area contributed by atoms with Crippen molar-refractivity contribution in [1.29, 1.82) is 0 Å². The molecule has 1 heterocycles. The molecule has 0 bridgehead atoms. The van der Waals surface area contributed by atoms with E-state index in [9.17, 15) is 15.3 Å². The van der Waals surface area contributed by atoms with Crippen molar-refractivity contribution in [3.05, 3.63) is 36.4 Å². The number of ether oxygens (including phenoxy) is 2. The van der Waals surface area contributed by atoms with Gasteiger partial charge in [-0.2, -0.15) is 0 Å². The summed E-state index contributed by atoms with van der Waals surface area (Å²) in [5.41, 5.74) is 0. The summed E-state index contributed by atoms with van der Waals surface area (Å²) in [5, 5.41) is 40.2. The first-order valence-electron chi connectivity index (χ1n) is 6.61. The Morgan fingerprint density at radius 1 is 1.05 bits per heavy atom. The highest BCUT2D eigenvalue weighted by atomic mass is 16.7. The molecule has 6 nitrogen and oxygen atoms in total. The first-order valence-corrected chi connectivity index (χ1v) is 6.61. The average molecular weight is 292 g/mol. The van der Waals surface area contributed by atoms with Crippen LogP contribution in [0.5, 0.6) is 11.5 Å². The van der Waals surface area contributed by atoms with Crippen molar-refractivity contribution in [1.82, 2.24) is 0 Å². The number of aliphatic hydroxyl groups is 3. The van der Waals surface area contributed by atoms with Crippen LogP contribution < -0.4 is 4.74 Å². The van der Waals surface area contributed by atoms with Gasteiger partial charge in [-0.25, -0.2) is 0 Å². The van der Waals surface area contributed by atoms with Crippen LogP contribution in [-0.4, -0.2) is 51.6 Å². The van der Waals surface area contributed by atoms with Gasteiger partial charge in [-0.3, -0.25) is 0 Å². The number of hydrogen-bond acceptors (Lipinski definition) is 6. The van der Waals surface area contributed by atoms with Crippen LogP contribution in [0.2, 0.25) is 0 Å². The average Bonchev–Trinajstić information content (AvgIpc) is 2.76. The molecule has 0 aromatic heterocycles. The fourth-order valence-corrected chi connectivity index (χ4v) is 2.39. The molecule has 112 valence electrons. The van der Waals surface area contributed by atoms with Gasteiger partial charge < -0.3 is 29.9 Å².